The quantitative estimate of drug-likeness (QED) is 0.110. The average molecular weight is 530 g/mol. The third kappa shape index (κ3) is 6.54. The van der Waals surface area contributed by atoms with Gasteiger partial charge in [0.15, 0.2) is 0 Å². The van der Waals surface area contributed by atoms with Gasteiger partial charge in [0.05, 0.1) is 36.0 Å². The van der Waals surface area contributed by atoms with Crippen LogP contribution < -0.4 is 0 Å². The first kappa shape index (κ1) is 27.2. The monoisotopic (exact) mass is 529 g/mol. The lowest BCUT2D eigenvalue weighted by atomic mass is 9.99. The summed E-state index contributed by atoms with van der Waals surface area (Å²) in [6.45, 7) is 10.2. The molecule has 2 heterocycles. The van der Waals surface area contributed by atoms with Crippen molar-refractivity contribution in [1.82, 2.24) is 19.5 Å². The third-order valence-corrected chi connectivity index (χ3v) is 8.27. The Labute approximate surface area is 224 Å². The first-order chi connectivity index (χ1) is 18.2. The predicted octanol–water partition coefficient (Wildman–Crippen LogP) is 6.52. The molecule has 9 heteroatoms. The van der Waals surface area contributed by atoms with Crippen LogP contribution in [0.25, 0.3) is 33.6 Å². The van der Waals surface area contributed by atoms with Gasteiger partial charge in [0, 0.05) is 14.7 Å². The summed E-state index contributed by atoms with van der Waals surface area (Å²) in [5, 5.41) is 17.0. The van der Waals surface area contributed by atoms with Gasteiger partial charge < -0.3 is 19.4 Å². The second-order valence-electron chi connectivity index (χ2n) is 10.6. The Morgan fingerprint density at radius 1 is 1.03 bits per heavy atom. The van der Waals surface area contributed by atoms with E-state index < -0.39 is 20.0 Å². The van der Waals surface area contributed by atoms with E-state index in [9.17, 15) is 9.90 Å². The molecule has 2 aromatic carbocycles. The number of nitrogens with zero attached hydrogens (tertiary/aromatic N) is 3. The molecule has 0 saturated heterocycles. The highest BCUT2D eigenvalue weighted by atomic mass is 28.3. The number of carboxylic acids is 1. The molecule has 0 amide bonds. The lowest BCUT2D eigenvalue weighted by Gasteiger charge is -2.16. The average Bonchev–Trinajstić information content (AvgIpc) is 3.57. The van der Waals surface area contributed by atoms with Crippen LogP contribution in [-0.4, -0.2) is 51.0 Å². The van der Waals surface area contributed by atoms with Gasteiger partial charge in [-0.3, -0.25) is 5.41 Å². The largest absolute Gasteiger partial charge is 0.477 e. The smallest absolute Gasteiger partial charge is 0.350 e. The van der Waals surface area contributed by atoms with Crippen LogP contribution in [0.3, 0.4) is 0 Å². The lowest BCUT2D eigenvalue weighted by Crippen LogP contribution is -2.22. The zero-order valence-corrected chi connectivity index (χ0v) is 23.4. The highest BCUT2D eigenvalue weighted by Crippen LogP contribution is 2.28. The molecule has 0 fully saturated rings. The SMILES string of the molecule is CCC(C(=N)C(=O)O)c1ncc(-c2ccc(-c3ccc(-c4cncn4COCC[Si](C)(C)C)cc3)cc2)[nH]1. The van der Waals surface area contributed by atoms with Crippen LogP contribution in [0.1, 0.15) is 25.1 Å². The molecule has 2 aromatic heterocycles. The maximum absolute atomic E-state index is 11.2. The van der Waals surface area contributed by atoms with Crippen molar-refractivity contribution in [3.05, 3.63) is 73.1 Å². The number of H-pyrrole nitrogens is 1. The van der Waals surface area contributed by atoms with Crippen molar-refractivity contribution in [2.24, 2.45) is 0 Å². The number of carboxylic acid groups (broad SMARTS) is 1. The van der Waals surface area contributed by atoms with E-state index in [1.54, 1.807) is 6.20 Å². The molecule has 0 saturated carbocycles. The number of carbonyl (C=O) groups is 1. The number of hydrogen-bond donors (Lipinski definition) is 3. The molecule has 0 aliphatic heterocycles. The van der Waals surface area contributed by atoms with Crippen molar-refractivity contribution in [2.75, 3.05) is 6.61 Å². The van der Waals surface area contributed by atoms with E-state index in [0.717, 1.165) is 46.3 Å². The van der Waals surface area contributed by atoms with Gasteiger partial charge >= 0.3 is 5.97 Å². The number of aliphatic carboxylic acids is 1. The molecule has 0 aliphatic rings. The summed E-state index contributed by atoms with van der Waals surface area (Å²) in [4.78, 5) is 23.1. The summed E-state index contributed by atoms with van der Waals surface area (Å²) in [6.07, 6.45) is 5.85. The Balaban J connectivity index is 1.43. The molecule has 198 valence electrons. The van der Waals surface area contributed by atoms with E-state index in [1.165, 1.54) is 0 Å². The van der Waals surface area contributed by atoms with Gasteiger partial charge in [0.2, 0.25) is 0 Å². The maximum Gasteiger partial charge on any atom is 0.350 e. The minimum Gasteiger partial charge on any atom is -0.477 e. The van der Waals surface area contributed by atoms with Gasteiger partial charge in [-0.25, -0.2) is 14.8 Å². The summed E-state index contributed by atoms with van der Waals surface area (Å²) in [7, 11) is -1.11. The van der Waals surface area contributed by atoms with Gasteiger partial charge in [-0.05, 0) is 34.7 Å². The highest BCUT2D eigenvalue weighted by Gasteiger charge is 2.23. The second kappa shape index (κ2) is 11.7. The van der Waals surface area contributed by atoms with Crippen molar-refractivity contribution < 1.29 is 14.6 Å². The number of aromatic nitrogens is 4. The minimum absolute atomic E-state index is 0.357. The number of hydrogen-bond acceptors (Lipinski definition) is 5. The second-order valence-corrected chi connectivity index (χ2v) is 16.2. The number of aromatic amines is 1. The van der Waals surface area contributed by atoms with E-state index in [-0.39, 0.29) is 5.71 Å². The van der Waals surface area contributed by atoms with Crippen LogP contribution in [0.15, 0.2) is 67.3 Å². The Kier molecular flexibility index (Phi) is 8.38. The fraction of sp³-hybridized carbons (Fsp3) is 0.310. The predicted molar refractivity (Wildman–Crippen MR) is 153 cm³/mol. The lowest BCUT2D eigenvalue weighted by molar-refractivity contribution is -0.129. The van der Waals surface area contributed by atoms with Gasteiger partial charge in [0.25, 0.3) is 0 Å². The van der Waals surface area contributed by atoms with Crippen molar-refractivity contribution in [3.63, 3.8) is 0 Å². The fourth-order valence-corrected chi connectivity index (χ4v) is 4.98. The summed E-state index contributed by atoms with van der Waals surface area (Å²) >= 11 is 0. The summed E-state index contributed by atoms with van der Waals surface area (Å²) in [5.41, 5.74) is 5.67. The first-order valence-electron chi connectivity index (χ1n) is 12.8. The number of ether oxygens (including phenoxy) is 1. The molecule has 0 spiro atoms. The summed E-state index contributed by atoms with van der Waals surface area (Å²) in [5.74, 6) is -1.29. The van der Waals surface area contributed by atoms with Gasteiger partial charge in [-0.15, -0.1) is 0 Å². The van der Waals surface area contributed by atoms with Crippen LogP contribution in [0.2, 0.25) is 25.7 Å². The van der Waals surface area contributed by atoms with Gasteiger partial charge in [-0.1, -0.05) is 75.1 Å². The Morgan fingerprint density at radius 3 is 2.21 bits per heavy atom. The van der Waals surface area contributed by atoms with Gasteiger partial charge in [0.1, 0.15) is 18.3 Å². The molecule has 4 aromatic rings. The van der Waals surface area contributed by atoms with Crippen LogP contribution in [0.4, 0.5) is 0 Å². The molecule has 8 nitrogen and oxygen atoms in total. The molecule has 1 unspecified atom stereocenters. The number of nitrogens with one attached hydrogen (secondary N) is 2. The Morgan fingerprint density at radius 2 is 1.63 bits per heavy atom. The Bertz CT molecular complexity index is 1380. The highest BCUT2D eigenvalue weighted by molar-refractivity contribution is 6.76. The Hall–Kier alpha value is -3.82. The van der Waals surface area contributed by atoms with Crippen LogP contribution in [0.5, 0.6) is 0 Å². The molecular formula is C29H35N5O3Si. The molecule has 0 radical (unpaired) electrons. The van der Waals surface area contributed by atoms with Crippen LogP contribution in [0, 0.1) is 5.41 Å². The third-order valence-electron chi connectivity index (χ3n) is 6.56. The molecule has 1 atom stereocenters. The molecular weight excluding hydrogens is 494 g/mol. The van der Waals surface area contributed by atoms with E-state index in [4.69, 9.17) is 10.1 Å². The minimum atomic E-state index is -1.22. The van der Waals surface area contributed by atoms with Gasteiger partial charge in [-0.2, -0.15) is 0 Å². The fourth-order valence-electron chi connectivity index (χ4n) is 4.22. The normalized spacial score (nSPS) is 12.4. The van der Waals surface area contributed by atoms with Crippen molar-refractivity contribution in [3.8, 4) is 33.6 Å². The van der Waals surface area contributed by atoms with Crippen molar-refractivity contribution in [1.29, 1.82) is 5.41 Å². The number of imidazole rings is 2. The zero-order valence-electron chi connectivity index (χ0n) is 22.4. The summed E-state index contributed by atoms with van der Waals surface area (Å²) < 4.78 is 7.95. The molecule has 3 N–H and O–H groups in total. The zero-order chi connectivity index (χ0) is 27.3. The van der Waals surface area contributed by atoms with Crippen molar-refractivity contribution >= 4 is 19.8 Å². The molecule has 4 rings (SSSR count). The number of benzene rings is 2. The first-order valence-corrected chi connectivity index (χ1v) is 16.5. The molecule has 0 aliphatic carbocycles. The standard InChI is InChI=1S/C29H35N5O3Si/c1-5-24(27(30)29(35)36)28-32-16-25(33-28)22-10-6-20(7-11-22)21-8-12-23(13-9-21)26-17-31-18-34(26)19-37-14-15-38(2,3)4/h6-13,16-18,24,30H,5,14-15,19H2,1-4H3,(H,32,33)(H,35,36). The van der Waals surface area contributed by atoms with Crippen molar-refractivity contribution in [2.45, 2.75) is 51.7 Å². The molecule has 0 bridgehead atoms. The van der Waals surface area contributed by atoms with E-state index in [0.29, 0.717) is 19.0 Å². The maximum atomic E-state index is 11.2. The van der Waals surface area contributed by atoms with E-state index in [2.05, 4.69) is 71.0 Å². The topological polar surface area (TPSA) is 117 Å². The van der Waals surface area contributed by atoms with Crippen LogP contribution >= 0.6 is 0 Å². The number of rotatable bonds is 12. The summed E-state index contributed by atoms with van der Waals surface area (Å²) in [6, 6.07) is 17.7. The molecule has 38 heavy (non-hydrogen) atoms. The van der Waals surface area contributed by atoms with E-state index >= 15 is 0 Å². The van der Waals surface area contributed by atoms with Crippen LogP contribution in [-0.2, 0) is 16.3 Å². The van der Waals surface area contributed by atoms with E-state index in [1.807, 2.05) is 36.1 Å².